The Bertz CT molecular complexity index is 397. The molecule has 0 aromatic carbocycles. The lowest BCUT2D eigenvalue weighted by atomic mass is 10.3. The summed E-state index contributed by atoms with van der Waals surface area (Å²) in [6, 6.07) is 0. The number of halogens is 3. The van der Waals surface area contributed by atoms with E-state index in [0.29, 0.717) is 0 Å². The van der Waals surface area contributed by atoms with E-state index >= 15 is 0 Å². The molecule has 6 nitrogen and oxygen atoms in total. The highest BCUT2D eigenvalue weighted by Gasteiger charge is 2.49. The number of nitrogens with zero attached hydrogens (tertiary/aromatic N) is 1. The molecule has 1 aliphatic rings. The zero-order chi connectivity index (χ0) is 14.8. The molecule has 0 heterocycles. The molecule has 1 saturated carbocycles. The van der Waals surface area contributed by atoms with E-state index < -0.39 is 48.9 Å². The topological polar surface area (TPSA) is 86.7 Å². The van der Waals surface area contributed by atoms with E-state index in [1.165, 1.54) is 7.05 Å². The van der Waals surface area contributed by atoms with Crippen LogP contribution in [0.25, 0.3) is 0 Å². The molecule has 2 atom stereocenters. The minimum absolute atomic E-state index is 0.197. The summed E-state index contributed by atoms with van der Waals surface area (Å²) in [6.07, 6.45) is -4.31. The average Bonchev–Trinajstić information content (AvgIpc) is 3.04. The van der Waals surface area contributed by atoms with Crippen molar-refractivity contribution in [2.24, 2.45) is 11.8 Å². The molecule has 1 fully saturated rings. The minimum Gasteiger partial charge on any atom is -0.481 e. The molecule has 0 bridgehead atoms. The molecule has 0 spiro atoms. The van der Waals surface area contributed by atoms with Gasteiger partial charge in [-0.15, -0.1) is 0 Å². The Kier molecular flexibility index (Phi) is 4.38. The second kappa shape index (κ2) is 5.45. The van der Waals surface area contributed by atoms with Crippen molar-refractivity contribution in [2.45, 2.75) is 12.6 Å². The van der Waals surface area contributed by atoms with Gasteiger partial charge in [-0.1, -0.05) is 0 Å². The molecule has 0 aliphatic heterocycles. The van der Waals surface area contributed by atoms with Crippen LogP contribution in [0.15, 0.2) is 0 Å². The Labute approximate surface area is 106 Å². The molecule has 2 amide bonds. The molecule has 0 saturated heterocycles. The van der Waals surface area contributed by atoms with Gasteiger partial charge in [0, 0.05) is 7.05 Å². The number of nitrogens with one attached hydrogen (secondary N) is 1. The molecule has 19 heavy (non-hydrogen) atoms. The van der Waals surface area contributed by atoms with Crippen LogP contribution < -0.4 is 5.32 Å². The molecule has 1 rings (SSSR count). The van der Waals surface area contributed by atoms with Gasteiger partial charge in [0.2, 0.25) is 11.8 Å². The highest BCUT2D eigenvalue weighted by molar-refractivity contribution is 5.91. The summed E-state index contributed by atoms with van der Waals surface area (Å²) in [6.45, 7) is -1.99. The molecule has 9 heteroatoms. The second-order valence-electron chi connectivity index (χ2n) is 4.37. The summed E-state index contributed by atoms with van der Waals surface area (Å²) in [7, 11) is 1.24. The van der Waals surface area contributed by atoms with Crippen LogP contribution in [0.3, 0.4) is 0 Å². The van der Waals surface area contributed by atoms with E-state index in [4.69, 9.17) is 5.11 Å². The van der Waals surface area contributed by atoms with Gasteiger partial charge in [-0.25, -0.2) is 0 Å². The van der Waals surface area contributed by atoms with Gasteiger partial charge in [0.15, 0.2) is 0 Å². The van der Waals surface area contributed by atoms with Crippen LogP contribution in [0, 0.1) is 11.8 Å². The maximum atomic E-state index is 11.8. The van der Waals surface area contributed by atoms with Gasteiger partial charge in [-0.05, 0) is 6.42 Å². The van der Waals surface area contributed by atoms with Gasteiger partial charge in [-0.2, -0.15) is 13.2 Å². The molecule has 0 aromatic rings. The molecule has 0 aromatic heterocycles. The first-order chi connectivity index (χ1) is 8.61. The van der Waals surface area contributed by atoms with Gasteiger partial charge in [-0.3, -0.25) is 14.4 Å². The van der Waals surface area contributed by atoms with Crippen molar-refractivity contribution >= 4 is 17.8 Å². The molecule has 108 valence electrons. The Morgan fingerprint density at radius 1 is 1.32 bits per heavy atom. The normalized spacial score (nSPS) is 21.7. The first-order valence-electron chi connectivity index (χ1n) is 5.43. The van der Waals surface area contributed by atoms with Crippen molar-refractivity contribution in [3.8, 4) is 0 Å². The standard InChI is InChI=1S/C10H13F3N2O4/c1-15(3-7(16)14-4-10(11,12)13)8(17)5-2-6(5)9(18)19/h5-6H,2-4H2,1H3,(H,14,16)(H,18,19). The van der Waals surface area contributed by atoms with Crippen LogP contribution in [-0.2, 0) is 14.4 Å². The fraction of sp³-hybridized carbons (Fsp3) is 0.700. The van der Waals surface area contributed by atoms with E-state index in [0.717, 1.165) is 4.90 Å². The summed E-state index contributed by atoms with van der Waals surface area (Å²) >= 11 is 0. The molecular formula is C10H13F3N2O4. The van der Waals surface area contributed by atoms with Crippen LogP contribution in [0.5, 0.6) is 0 Å². The summed E-state index contributed by atoms with van der Waals surface area (Å²) in [5.74, 6) is -4.02. The van der Waals surface area contributed by atoms with Gasteiger partial charge < -0.3 is 15.3 Å². The summed E-state index contributed by atoms with van der Waals surface area (Å²) in [5, 5.41) is 10.3. The van der Waals surface area contributed by atoms with E-state index in [-0.39, 0.29) is 6.42 Å². The first-order valence-corrected chi connectivity index (χ1v) is 5.43. The lowest BCUT2D eigenvalue weighted by Gasteiger charge is -2.17. The van der Waals surface area contributed by atoms with E-state index in [2.05, 4.69) is 0 Å². The molecule has 0 radical (unpaired) electrons. The third-order valence-corrected chi connectivity index (χ3v) is 2.67. The smallest absolute Gasteiger partial charge is 0.405 e. The van der Waals surface area contributed by atoms with Crippen molar-refractivity contribution in [3.63, 3.8) is 0 Å². The van der Waals surface area contributed by atoms with Crippen LogP contribution in [0.2, 0.25) is 0 Å². The van der Waals surface area contributed by atoms with Gasteiger partial charge >= 0.3 is 12.1 Å². The molecule has 2 unspecified atom stereocenters. The maximum Gasteiger partial charge on any atom is 0.405 e. The number of rotatable bonds is 5. The van der Waals surface area contributed by atoms with Crippen LogP contribution in [-0.4, -0.2) is 54.1 Å². The lowest BCUT2D eigenvalue weighted by molar-refractivity contribution is -0.144. The number of aliphatic carboxylic acids is 1. The predicted octanol–water partition coefficient (Wildman–Crippen LogP) is -0.156. The molecule has 2 N–H and O–H groups in total. The maximum absolute atomic E-state index is 11.8. The Hall–Kier alpha value is -1.80. The van der Waals surface area contributed by atoms with Crippen molar-refractivity contribution in [3.05, 3.63) is 0 Å². The van der Waals surface area contributed by atoms with Crippen LogP contribution in [0.1, 0.15) is 6.42 Å². The fourth-order valence-electron chi connectivity index (χ4n) is 1.57. The number of hydrogen-bond donors (Lipinski definition) is 2. The Morgan fingerprint density at radius 2 is 1.89 bits per heavy atom. The molecule has 1 aliphatic carbocycles. The number of carboxylic acids is 1. The van der Waals surface area contributed by atoms with Gasteiger partial charge in [0.1, 0.15) is 6.54 Å². The van der Waals surface area contributed by atoms with Crippen LogP contribution in [0.4, 0.5) is 13.2 Å². The first kappa shape index (κ1) is 15.3. The molecular weight excluding hydrogens is 269 g/mol. The number of hydrogen-bond acceptors (Lipinski definition) is 3. The second-order valence-corrected chi connectivity index (χ2v) is 4.37. The highest BCUT2D eigenvalue weighted by Crippen LogP contribution is 2.39. The number of amides is 2. The fourth-order valence-corrected chi connectivity index (χ4v) is 1.57. The van der Waals surface area contributed by atoms with Gasteiger partial charge in [0.25, 0.3) is 0 Å². The van der Waals surface area contributed by atoms with Crippen molar-refractivity contribution in [2.75, 3.05) is 20.1 Å². The predicted molar refractivity (Wildman–Crippen MR) is 55.9 cm³/mol. The minimum atomic E-state index is -4.51. The van der Waals surface area contributed by atoms with Gasteiger partial charge in [0.05, 0.1) is 18.4 Å². The van der Waals surface area contributed by atoms with Crippen molar-refractivity contribution in [1.82, 2.24) is 10.2 Å². The van der Waals surface area contributed by atoms with E-state index in [1.807, 2.05) is 0 Å². The third-order valence-electron chi connectivity index (χ3n) is 2.67. The summed E-state index contributed by atoms with van der Waals surface area (Å²) < 4.78 is 35.5. The Morgan fingerprint density at radius 3 is 2.32 bits per heavy atom. The lowest BCUT2D eigenvalue weighted by Crippen LogP contribution is -2.42. The van der Waals surface area contributed by atoms with E-state index in [9.17, 15) is 27.6 Å². The van der Waals surface area contributed by atoms with E-state index in [1.54, 1.807) is 5.32 Å². The third kappa shape index (κ3) is 4.76. The number of carbonyl (C=O) groups is 3. The zero-order valence-electron chi connectivity index (χ0n) is 10.0. The van der Waals surface area contributed by atoms with Crippen molar-refractivity contribution in [1.29, 1.82) is 0 Å². The highest BCUT2D eigenvalue weighted by atomic mass is 19.4. The number of likely N-dealkylation sites (N-methyl/N-ethyl adjacent to an activating group) is 1. The average molecular weight is 282 g/mol. The SMILES string of the molecule is CN(CC(=O)NCC(F)(F)F)C(=O)C1CC1C(=O)O. The number of carbonyl (C=O) groups excluding carboxylic acids is 2. The van der Waals surface area contributed by atoms with Crippen LogP contribution >= 0.6 is 0 Å². The number of carboxylic acid groups (broad SMARTS) is 1. The summed E-state index contributed by atoms with van der Waals surface area (Å²) in [5.41, 5.74) is 0. The quantitative estimate of drug-likeness (QED) is 0.734. The number of alkyl halides is 3. The summed E-state index contributed by atoms with van der Waals surface area (Å²) in [4.78, 5) is 34.2. The van der Waals surface area contributed by atoms with Crippen molar-refractivity contribution < 1.29 is 32.7 Å². The largest absolute Gasteiger partial charge is 0.481 e. The Balaban J connectivity index is 2.35. The monoisotopic (exact) mass is 282 g/mol. The zero-order valence-corrected chi connectivity index (χ0v) is 10.0.